The summed E-state index contributed by atoms with van der Waals surface area (Å²) in [6.45, 7) is 1.17. The Labute approximate surface area is 117 Å². The lowest BCUT2D eigenvalue weighted by Crippen LogP contribution is -2.17. The number of nitrogens with two attached hydrogens (primary N) is 1. The van der Waals surface area contributed by atoms with Crippen molar-refractivity contribution in [2.75, 3.05) is 18.5 Å². The molecule has 5 heteroatoms. The largest absolute Gasteiger partial charge is 0.492 e. The molecule has 0 amide bonds. The van der Waals surface area contributed by atoms with E-state index in [1.54, 1.807) is 12.3 Å². The maximum Gasteiger partial charge on any atom is 0.136 e. The minimum Gasteiger partial charge on any atom is -0.492 e. The van der Waals surface area contributed by atoms with Gasteiger partial charge in [0.25, 0.3) is 0 Å². The van der Waals surface area contributed by atoms with Crippen molar-refractivity contribution >= 4 is 23.0 Å². The molecule has 0 radical (unpaired) electrons. The SMILES string of the molecule is NC(=S)c1cccnc1NCCOc1ccccc1. The van der Waals surface area contributed by atoms with Crippen LogP contribution in [0.3, 0.4) is 0 Å². The Balaban J connectivity index is 1.85. The van der Waals surface area contributed by atoms with Gasteiger partial charge in [0.1, 0.15) is 23.2 Å². The van der Waals surface area contributed by atoms with Gasteiger partial charge in [0.05, 0.1) is 12.1 Å². The number of hydrogen-bond donors (Lipinski definition) is 2. The van der Waals surface area contributed by atoms with Gasteiger partial charge in [-0.3, -0.25) is 0 Å². The molecule has 1 heterocycles. The third kappa shape index (κ3) is 3.93. The third-order valence-corrected chi connectivity index (χ3v) is 2.70. The lowest BCUT2D eigenvalue weighted by atomic mass is 10.2. The number of pyridine rings is 1. The van der Waals surface area contributed by atoms with Gasteiger partial charge in [-0.05, 0) is 24.3 Å². The molecular formula is C14H15N3OS. The van der Waals surface area contributed by atoms with Gasteiger partial charge < -0.3 is 15.8 Å². The Morgan fingerprint density at radius 1 is 1.21 bits per heavy atom. The zero-order chi connectivity index (χ0) is 13.5. The van der Waals surface area contributed by atoms with Gasteiger partial charge in [-0.15, -0.1) is 0 Å². The highest BCUT2D eigenvalue weighted by molar-refractivity contribution is 7.80. The van der Waals surface area contributed by atoms with Crippen molar-refractivity contribution in [3.63, 3.8) is 0 Å². The van der Waals surface area contributed by atoms with Crippen molar-refractivity contribution in [1.82, 2.24) is 4.98 Å². The third-order valence-electron chi connectivity index (χ3n) is 2.48. The van der Waals surface area contributed by atoms with Crippen LogP contribution < -0.4 is 15.8 Å². The molecule has 2 aromatic rings. The summed E-state index contributed by atoms with van der Waals surface area (Å²) in [6, 6.07) is 13.3. The zero-order valence-corrected chi connectivity index (χ0v) is 11.2. The maximum absolute atomic E-state index is 5.63. The first-order chi connectivity index (χ1) is 9.27. The molecule has 0 unspecified atom stereocenters. The second-order valence-corrected chi connectivity index (χ2v) is 4.29. The maximum atomic E-state index is 5.63. The summed E-state index contributed by atoms with van der Waals surface area (Å²) in [5, 5.41) is 3.16. The van der Waals surface area contributed by atoms with Crippen LogP contribution in [-0.2, 0) is 0 Å². The van der Waals surface area contributed by atoms with E-state index in [4.69, 9.17) is 22.7 Å². The van der Waals surface area contributed by atoms with E-state index in [9.17, 15) is 0 Å². The van der Waals surface area contributed by atoms with Gasteiger partial charge in [0.15, 0.2) is 0 Å². The molecule has 0 spiro atoms. The Hall–Kier alpha value is -2.14. The van der Waals surface area contributed by atoms with Crippen LogP contribution in [0.1, 0.15) is 5.56 Å². The fourth-order valence-electron chi connectivity index (χ4n) is 1.60. The van der Waals surface area contributed by atoms with Crippen LogP contribution in [0, 0.1) is 0 Å². The van der Waals surface area contributed by atoms with Crippen molar-refractivity contribution in [3.05, 3.63) is 54.2 Å². The number of benzene rings is 1. The number of aromatic nitrogens is 1. The molecular weight excluding hydrogens is 258 g/mol. The number of thiocarbonyl (C=S) groups is 1. The second-order valence-electron chi connectivity index (χ2n) is 3.85. The fourth-order valence-corrected chi connectivity index (χ4v) is 1.76. The summed E-state index contributed by atoms with van der Waals surface area (Å²) >= 11 is 4.97. The van der Waals surface area contributed by atoms with Crippen molar-refractivity contribution in [3.8, 4) is 5.75 Å². The summed E-state index contributed by atoms with van der Waals surface area (Å²) in [5.74, 6) is 1.53. The fraction of sp³-hybridized carbons (Fsp3) is 0.143. The molecule has 1 aromatic carbocycles. The van der Waals surface area contributed by atoms with E-state index in [0.717, 1.165) is 11.3 Å². The number of para-hydroxylation sites is 1. The average molecular weight is 273 g/mol. The van der Waals surface area contributed by atoms with Crippen LogP contribution in [-0.4, -0.2) is 23.1 Å². The summed E-state index contributed by atoms with van der Waals surface area (Å²) in [4.78, 5) is 4.54. The van der Waals surface area contributed by atoms with Crippen LogP contribution in [0.4, 0.5) is 5.82 Å². The quantitative estimate of drug-likeness (QED) is 0.624. The lowest BCUT2D eigenvalue weighted by Gasteiger charge is -2.10. The van der Waals surface area contributed by atoms with Crippen LogP contribution in [0.5, 0.6) is 5.75 Å². The minimum absolute atomic E-state index is 0.333. The number of ether oxygens (including phenoxy) is 1. The van der Waals surface area contributed by atoms with Crippen LogP contribution in [0.15, 0.2) is 48.7 Å². The van der Waals surface area contributed by atoms with E-state index >= 15 is 0 Å². The number of anilines is 1. The van der Waals surface area contributed by atoms with E-state index < -0.39 is 0 Å². The van der Waals surface area contributed by atoms with Crippen molar-refractivity contribution < 1.29 is 4.74 Å². The van der Waals surface area contributed by atoms with Crippen LogP contribution >= 0.6 is 12.2 Å². The zero-order valence-electron chi connectivity index (χ0n) is 10.4. The Morgan fingerprint density at radius 3 is 2.74 bits per heavy atom. The molecule has 0 fully saturated rings. The molecule has 0 atom stereocenters. The molecule has 19 heavy (non-hydrogen) atoms. The summed E-state index contributed by atoms with van der Waals surface area (Å²) in [7, 11) is 0. The highest BCUT2D eigenvalue weighted by Crippen LogP contribution is 2.11. The normalized spacial score (nSPS) is 9.89. The highest BCUT2D eigenvalue weighted by Gasteiger charge is 2.04. The standard InChI is InChI=1S/C14H15N3OS/c15-13(19)12-7-4-8-16-14(12)17-9-10-18-11-5-2-1-3-6-11/h1-8H,9-10H2,(H2,15,19)(H,16,17). The van der Waals surface area contributed by atoms with Crippen molar-refractivity contribution in [2.24, 2.45) is 5.73 Å². The first-order valence-corrected chi connectivity index (χ1v) is 6.35. The van der Waals surface area contributed by atoms with Gasteiger partial charge in [-0.25, -0.2) is 4.98 Å². The van der Waals surface area contributed by atoms with Gasteiger partial charge >= 0.3 is 0 Å². The molecule has 0 saturated heterocycles. The van der Waals surface area contributed by atoms with Crippen LogP contribution in [0.25, 0.3) is 0 Å². The average Bonchev–Trinajstić information content (AvgIpc) is 2.45. The van der Waals surface area contributed by atoms with E-state index in [1.165, 1.54) is 0 Å². The number of nitrogens with zero attached hydrogens (tertiary/aromatic N) is 1. The summed E-state index contributed by atoms with van der Waals surface area (Å²) < 4.78 is 5.57. The second kappa shape index (κ2) is 6.70. The molecule has 0 aliphatic carbocycles. The van der Waals surface area contributed by atoms with Crippen LogP contribution in [0.2, 0.25) is 0 Å². The number of rotatable bonds is 6. The summed E-state index contributed by atoms with van der Waals surface area (Å²) in [5.41, 5.74) is 6.38. The molecule has 0 bridgehead atoms. The highest BCUT2D eigenvalue weighted by atomic mass is 32.1. The molecule has 4 nitrogen and oxygen atoms in total. The number of nitrogens with one attached hydrogen (secondary N) is 1. The predicted octanol–water partition coefficient (Wildman–Crippen LogP) is 2.21. The smallest absolute Gasteiger partial charge is 0.136 e. The van der Waals surface area contributed by atoms with E-state index in [2.05, 4.69) is 10.3 Å². The Morgan fingerprint density at radius 2 is 2.00 bits per heavy atom. The molecule has 0 aliphatic heterocycles. The minimum atomic E-state index is 0.333. The van der Waals surface area contributed by atoms with Gasteiger partial charge in [-0.2, -0.15) is 0 Å². The molecule has 3 N–H and O–H groups in total. The van der Waals surface area contributed by atoms with Crippen molar-refractivity contribution in [1.29, 1.82) is 0 Å². The Bertz CT molecular complexity index is 545. The number of hydrogen-bond acceptors (Lipinski definition) is 4. The van der Waals surface area contributed by atoms with E-state index in [1.807, 2.05) is 36.4 Å². The first kappa shape index (κ1) is 13.3. The summed E-state index contributed by atoms with van der Waals surface area (Å²) in [6.07, 6.45) is 1.70. The molecule has 1 aromatic heterocycles. The van der Waals surface area contributed by atoms with Crippen molar-refractivity contribution in [2.45, 2.75) is 0 Å². The Kier molecular flexibility index (Phi) is 4.69. The van der Waals surface area contributed by atoms with E-state index in [-0.39, 0.29) is 0 Å². The van der Waals surface area contributed by atoms with Gasteiger partial charge in [0, 0.05) is 6.20 Å². The molecule has 0 saturated carbocycles. The van der Waals surface area contributed by atoms with E-state index in [0.29, 0.717) is 24.0 Å². The van der Waals surface area contributed by atoms with Gasteiger partial charge in [0.2, 0.25) is 0 Å². The van der Waals surface area contributed by atoms with Gasteiger partial charge in [-0.1, -0.05) is 30.4 Å². The lowest BCUT2D eigenvalue weighted by molar-refractivity contribution is 0.333. The molecule has 0 aliphatic rings. The predicted molar refractivity (Wildman–Crippen MR) is 80.6 cm³/mol. The topological polar surface area (TPSA) is 60.2 Å². The monoisotopic (exact) mass is 273 g/mol. The first-order valence-electron chi connectivity index (χ1n) is 5.94. The molecule has 98 valence electrons. The molecule has 2 rings (SSSR count).